The normalized spacial score (nSPS) is 19.9. The molecule has 1 atom stereocenters. The number of carbonyl (C=O) groups is 1. The summed E-state index contributed by atoms with van der Waals surface area (Å²) in [5.41, 5.74) is 5.37. The third-order valence-electron chi connectivity index (χ3n) is 2.54. The van der Waals surface area contributed by atoms with Crippen LogP contribution in [-0.4, -0.2) is 25.8 Å². The van der Waals surface area contributed by atoms with E-state index in [2.05, 4.69) is 0 Å². The first-order chi connectivity index (χ1) is 7.79. The molecule has 0 aliphatic carbocycles. The van der Waals surface area contributed by atoms with Crippen molar-refractivity contribution < 1.29 is 18.7 Å². The number of hydrogen-bond acceptors (Lipinski definition) is 5. The van der Waals surface area contributed by atoms with Gasteiger partial charge in [0.15, 0.2) is 0 Å². The maximum atomic E-state index is 11.5. The van der Waals surface area contributed by atoms with E-state index in [1.165, 1.54) is 0 Å². The zero-order chi connectivity index (χ0) is 11.4. The molecule has 1 aromatic rings. The van der Waals surface area contributed by atoms with E-state index in [1.54, 1.807) is 12.1 Å². The lowest BCUT2D eigenvalue weighted by molar-refractivity contribution is 0.0391. The van der Waals surface area contributed by atoms with Crippen molar-refractivity contribution in [2.24, 2.45) is 11.7 Å². The Morgan fingerprint density at radius 1 is 1.56 bits per heavy atom. The Hall–Kier alpha value is -1.33. The summed E-state index contributed by atoms with van der Waals surface area (Å²) in [6.07, 6.45) is 0.944. The predicted molar refractivity (Wildman–Crippen MR) is 55.8 cm³/mol. The smallest absolute Gasteiger partial charge is 0.374 e. The molecule has 1 aliphatic heterocycles. The molecule has 0 amide bonds. The number of esters is 1. The molecule has 1 saturated heterocycles. The van der Waals surface area contributed by atoms with Gasteiger partial charge in [-0.05, 0) is 18.6 Å². The molecule has 0 saturated carbocycles. The fourth-order valence-electron chi connectivity index (χ4n) is 1.58. The molecule has 1 aliphatic rings. The van der Waals surface area contributed by atoms with Gasteiger partial charge in [-0.2, -0.15) is 0 Å². The highest BCUT2D eigenvalue weighted by atomic mass is 16.5. The van der Waals surface area contributed by atoms with Gasteiger partial charge in [-0.15, -0.1) is 0 Å². The van der Waals surface area contributed by atoms with Crippen LogP contribution in [0.1, 0.15) is 22.7 Å². The second-order valence-electron chi connectivity index (χ2n) is 3.80. The van der Waals surface area contributed by atoms with E-state index >= 15 is 0 Å². The van der Waals surface area contributed by atoms with Crippen molar-refractivity contribution >= 4 is 5.97 Å². The number of hydrogen-bond donors (Lipinski definition) is 1. The van der Waals surface area contributed by atoms with E-state index < -0.39 is 5.97 Å². The summed E-state index contributed by atoms with van der Waals surface area (Å²) in [6.45, 7) is 2.08. The predicted octanol–water partition coefficient (Wildman–Crippen LogP) is 0.932. The number of nitrogens with two attached hydrogens (primary N) is 1. The van der Waals surface area contributed by atoms with E-state index in [1.807, 2.05) is 0 Å². The van der Waals surface area contributed by atoms with Gasteiger partial charge in [0.05, 0.1) is 19.8 Å². The minimum Gasteiger partial charge on any atom is -0.459 e. The SMILES string of the molecule is NCc1ccc(C(=O)OCC2CCOC2)o1. The standard InChI is InChI=1S/C11H15NO4/c12-5-9-1-2-10(16-9)11(13)15-7-8-3-4-14-6-8/h1-2,8H,3-7,12H2. The lowest BCUT2D eigenvalue weighted by atomic mass is 10.1. The zero-order valence-corrected chi connectivity index (χ0v) is 8.98. The number of ether oxygens (including phenoxy) is 2. The van der Waals surface area contributed by atoms with E-state index in [4.69, 9.17) is 19.6 Å². The van der Waals surface area contributed by atoms with Gasteiger partial charge in [0, 0.05) is 12.5 Å². The van der Waals surface area contributed by atoms with Crippen molar-refractivity contribution in [1.29, 1.82) is 0 Å². The van der Waals surface area contributed by atoms with Crippen LogP contribution >= 0.6 is 0 Å². The van der Waals surface area contributed by atoms with Crippen LogP contribution in [0.15, 0.2) is 16.5 Å². The van der Waals surface area contributed by atoms with Crippen LogP contribution in [-0.2, 0) is 16.0 Å². The third-order valence-corrected chi connectivity index (χ3v) is 2.54. The first-order valence-corrected chi connectivity index (χ1v) is 5.33. The van der Waals surface area contributed by atoms with Gasteiger partial charge in [0.25, 0.3) is 0 Å². The van der Waals surface area contributed by atoms with Crippen LogP contribution in [0.2, 0.25) is 0 Å². The van der Waals surface area contributed by atoms with Crippen LogP contribution in [0.4, 0.5) is 0 Å². The van der Waals surface area contributed by atoms with Gasteiger partial charge in [0.2, 0.25) is 5.76 Å². The van der Waals surface area contributed by atoms with E-state index in [9.17, 15) is 4.79 Å². The van der Waals surface area contributed by atoms with Crippen molar-refractivity contribution in [1.82, 2.24) is 0 Å². The van der Waals surface area contributed by atoms with E-state index in [-0.39, 0.29) is 12.3 Å². The molecule has 2 heterocycles. The fraction of sp³-hybridized carbons (Fsp3) is 0.545. The number of rotatable bonds is 4. The lowest BCUT2D eigenvalue weighted by Gasteiger charge is -2.07. The quantitative estimate of drug-likeness (QED) is 0.771. The second kappa shape index (κ2) is 5.14. The average Bonchev–Trinajstić information content (AvgIpc) is 2.96. The lowest BCUT2D eigenvalue weighted by Crippen LogP contribution is -2.13. The highest BCUT2D eigenvalue weighted by molar-refractivity contribution is 5.86. The molecule has 5 nitrogen and oxygen atoms in total. The van der Waals surface area contributed by atoms with E-state index in [0.717, 1.165) is 13.0 Å². The van der Waals surface area contributed by atoms with Gasteiger partial charge < -0.3 is 19.6 Å². The molecule has 2 rings (SSSR count). The van der Waals surface area contributed by atoms with Crippen LogP contribution in [0.3, 0.4) is 0 Å². The van der Waals surface area contributed by atoms with Crippen LogP contribution in [0.25, 0.3) is 0 Å². The summed E-state index contributed by atoms with van der Waals surface area (Å²) < 4.78 is 15.5. The van der Waals surface area contributed by atoms with Gasteiger partial charge in [-0.25, -0.2) is 4.79 Å². The maximum absolute atomic E-state index is 11.5. The molecule has 0 aromatic carbocycles. The second-order valence-corrected chi connectivity index (χ2v) is 3.80. The Morgan fingerprint density at radius 2 is 2.44 bits per heavy atom. The largest absolute Gasteiger partial charge is 0.459 e. The summed E-state index contributed by atoms with van der Waals surface area (Å²) in [5.74, 6) is 0.662. The summed E-state index contributed by atoms with van der Waals surface area (Å²) in [5, 5.41) is 0. The van der Waals surface area contributed by atoms with Crippen molar-refractivity contribution in [2.45, 2.75) is 13.0 Å². The molecule has 0 spiro atoms. The first kappa shape index (κ1) is 11.2. The Labute approximate surface area is 93.5 Å². The van der Waals surface area contributed by atoms with Gasteiger partial charge >= 0.3 is 5.97 Å². The Morgan fingerprint density at radius 3 is 3.06 bits per heavy atom. The summed E-state index contributed by atoms with van der Waals surface area (Å²) in [4.78, 5) is 11.5. The van der Waals surface area contributed by atoms with Gasteiger partial charge in [-0.3, -0.25) is 0 Å². The van der Waals surface area contributed by atoms with Gasteiger partial charge in [0.1, 0.15) is 5.76 Å². The molecular weight excluding hydrogens is 210 g/mol. The Bertz CT molecular complexity index is 355. The molecule has 1 fully saturated rings. The Balaban J connectivity index is 1.82. The number of carbonyl (C=O) groups excluding carboxylic acids is 1. The molecule has 88 valence electrons. The molecule has 1 unspecified atom stereocenters. The average molecular weight is 225 g/mol. The molecule has 1 aromatic heterocycles. The van der Waals surface area contributed by atoms with Crippen molar-refractivity contribution in [2.75, 3.05) is 19.8 Å². The first-order valence-electron chi connectivity index (χ1n) is 5.33. The van der Waals surface area contributed by atoms with E-state index in [0.29, 0.717) is 24.9 Å². The van der Waals surface area contributed by atoms with Crippen LogP contribution < -0.4 is 5.73 Å². The highest BCUT2D eigenvalue weighted by Crippen LogP contribution is 2.14. The van der Waals surface area contributed by atoms with Crippen LogP contribution in [0.5, 0.6) is 0 Å². The monoisotopic (exact) mass is 225 g/mol. The van der Waals surface area contributed by atoms with Gasteiger partial charge in [-0.1, -0.05) is 0 Å². The minimum absolute atomic E-state index is 0.208. The van der Waals surface area contributed by atoms with Crippen molar-refractivity contribution in [3.63, 3.8) is 0 Å². The molecule has 0 bridgehead atoms. The minimum atomic E-state index is -0.438. The topological polar surface area (TPSA) is 74.7 Å². The molecule has 2 N–H and O–H groups in total. The summed E-state index contributed by atoms with van der Waals surface area (Å²) in [7, 11) is 0. The summed E-state index contributed by atoms with van der Waals surface area (Å²) in [6, 6.07) is 3.25. The molecular formula is C11H15NO4. The van der Waals surface area contributed by atoms with Crippen molar-refractivity contribution in [3.8, 4) is 0 Å². The van der Waals surface area contributed by atoms with Crippen molar-refractivity contribution in [3.05, 3.63) is 23.7 Å². The zero-order valence-electron chi connectivity index (χ0n) is 8.98. The molecule has 16 heavy (non-hydrogen) atoms. The highest BCUT2D eigenvalue weighted by Gasteiger charge is 2.19. The molecule has 5 heteroatoms. The number of furan rings is 1. The fourth-order valence-corrected chi connectivity index (χ4v) is 1.58. The maximum Gasteiger partial charge on any atom is 0.374 e. The Kier molecular flexibility index (Phi) is 3.58. The summed E-state index contributed by atoms with van der Waals surface area (Å²) >= 11 is 0. The molecule has 0 radical (unpaired) electrons. The third kappa shape index (κ3) is 2.62. The van der Waals surface area contributed by atoms with Crippen LogP contribution in [0, 0.1) is 5.92 Å².